The summed E-state index contributed by atoms with van der Waals surface area (Å²) in [6, 6.07) is 0.420. The van der Waals surface area contributed by atoms with Gasteiger partial charge < -0.3 is 15.2 Å². The van der Waals surface area contributed by atoms with Crippen LogP contribution in [0, 0.1) is 5.92 Å². The van der Waals surface area contributed by atoms with Crippen LogP contribution in [0.25, 0.3) is 0 Å². The topological polar surface area (TPSA) is 64.8 Å². The lowest BCUT2D eigenvalue weighted by Gasteiger charge is -2.37. The molecule has 2 fully saturated rings. The Balaban J connectivity index is 1.91. The van der Waals surface area contributed by atoms with Crippen LogP contribution >= 0.6 is 0 Å². The highest BCUT2D eigenvalue weighted by Crippen LogP contribution is 2.34. The van der Waals surface area contributed by atoms with Crippen LogP contribution in [0.3, 0.4) is 0 Å². The molecule has 1 saturated carbocycles. The van der Waals surface area contributed by atoms with E-state index in [2.05, 4.69) is 4.90 Å². The molecule has 1 aliphatic carbocycles. The molecule has 1 aliphatic heterocycles. The number of carbonyl (C=O) groups is 1. The number of piperidine rings is 1. The van der Waals surface area contributed by atoms with E-state index >= 15 is 0 Å². The fourth-order valence-electron chi connectivity index (χ4n) is 3.55. The molecule has 2 N–H and O–H groups in total. The molecule has 2 rings (SSSR count). The van der Waals surface area contributed by atoms with Crippen LogP contribution in [0.1, 0.15) is 32.1 Å². The molecule has 0 aromatic heterocycles. The first-order valence-electron chi connectivity index (χ1n) is 7.19. The molecule has 1 heterocycles. The van der Waals surface area contributed by atoms with E-state index in [-0.39, 0.29) is 5.97 Å². The second kappa shape index (κ2) is 6.20. The molecule has 19 heavy (non-hydrogen) atoms. The smallest absolute Gasteiger partial charge is 0.325 e. The number of nitrogens with two attached hydrogens (primary N) is 1. The Hall–Kier alpha value is -0.650. The maximum atomic E-state index is 11.7. The number of esters is 1. The van der Waals surface area contributed by atoms with Gasteiger partial charge in [-0.05, 0) is 44.6 Å². The highest BCUT2D eigenvalue weighted by atomic mass is 16.5. The Kier molecular flexibility index (Phi) is 4.81. The maximum Gasteiger partial charge on any atom is 0.325 e. The fraction of sp³-hybridized carbons (Fsp3) is 0.929. The van der Waals surface area contributed by atoms with Crippen LogP contribution in [0.4, 0.5) is 0 Å². The summed E-state index contributed by atoms with van der Waals surface area (Å²) in [5.74, 6) is 0.352. The number of ether oxygens (including phenoxy) is 2. The standard InChI is InChI=1S/C14H26N2O3/c1-18-10-11-4-3-7-16(9-11)12-5-6-14(15,8-12)13(17)19-2/h11-12H,3-10,15H2,1-2H3. The van der Waals surface area contributed by atoms with Crippen molar-refractivity contribution in [2.24, 2.45) is 11.7 Å². The van der Waals surface area contributed by atoms with E-state index < -0.39 is 5.54 Å². The zero-order chi connectivity index (χ0) is 13.9. The lowest BCUT2D eigenvalue weighted by Crippen LogP contribution is -2.49. The van der Waals surface area contributed by atoms with Crippen molar-refractivity contribution in [1.82, 2.24) is 4.90 Å². The second-order valence-corrected chi connectivity index (χ2v) is 6.00. The van der Waals surface area contributed by atoms with Crippen molar-refractivity contribution in [2.45, 2.75) is 43.7 Å². The number of carbonyl (C=O) groups excluding carboxylic acids is 1. The number of methoxy groups -OCH3 is 2. The number of hydrogen-bond donors (Lipinski definition) is 1. The Bertz CT molecular complexity index is 322. The molecule has 5 heteroatoms. The van der Waals surface area contributed by atoms with Crippen molar-refractivity contribution < 1.29 is 14.3 Å². The zero-order valence-electron chi connectivity index (χ0n) is 12.1. The third-order valence-corrected chi connectivity index (χ3v) is 4.58. The van der Waals surface area contributed by atoms with Gasteiger partial charge in [-0.15, -0.1) is 0 Å². The fourth-order valence-corrected chi connectivity index (χ4v) is 3.55. The summed E-state index contributed by atoms with van der Waals surface area (Å²) < 4.78 is 10.1. The first-order valence-corrected chi connectivity index (χ1v) is 7.19. The van der Waals surface area contributed by atoms with Gasteiger partial charge in [0.05, 0.1) is 13.7 Å². The number of likely N-dealkylation sites (tertiary alicyclic amines) is 1. The van der Waals surface area contributed by atoms with Gasteiger partial charge in [0.1, 0.15) is 5.54 Å². The van der Waals surface area contributed by atoms with Crippen molar-refractivity contribution in [3.8, 4) is 0 Å². The number of hydrogen-bond acceptors (Lipinski definition) is 5. The van der Waals surface area contributed by atoms with E-state index in [1.165, 1.54) is 20.0 Å². The maximum absolute atomic E-state index is 11.7. The zero-order valence-corrected chi connectivity index (χ0v) is 12.1. The minimum Gasteiger partial charge on any atom is -0.468 e. The summed E-state index contributed by atoms with van der Waals surface area (Å²) in [6.45, 7) is 3.01. The van der Waals surface area contributed by atoms with Gasteiger partial charge >= 0.3 is 5.97 Å². The Morgan fingerprint density at radius 1 is 1.42 bits per heavy atom. The van der Waals surface area contributed by atoms with Crippen LogP contribution in [0.5, 0.6) is 0 Å². The molecule has 0 radical (unpaired) electrons. The van der Waals surface area contributed by atoms with Gasteiger partial charge in [0.2, 0.25) is 0 Å². The average molecular weight is 270 g/mol. The van der Waals surface area contributed by atoms with E-state index in [0.29, 0.717) is 12.0 Å². The number of nitrogens with zero attached hydrogens (tertiary/aromatic N) is 1. The highest BCUT2D eigenvalue weighted by molar-refractivity contribution is 5.81. The summed E-state index contributed by atoms with van der Waals surface area (Å²) in [5, 5.41) is 0. The monoisotopic (exact) mass is 270 g/mol. The van der Waals surface area contributed by atoms with Gasteiger partial charge in [0, 0.05) is 19.7 Å². The minimum absolute atomic E-state index is 0.263. The van der Waals surface area contributed by atoms with Gasteiger partial charge in [-0.1, -0.05) is 0 Å². The summed E-state index contributed by atoms with van der Waals surface area (Å²) in [5.41, 5.74) is 5.41. The van der Waals surface area contributed by atoms with E-state index in [9.17, 15) is 4.79 Å². The minimum atomic E-state index is -0.770. The molecular weight excluding hydrogens is 244 g/mol. The summed E-state index contributed by atoms with van der Waals surface area (Å²) in [6.07, 6.45) is 4.89. The van der Waals surface area contributed by atoms with Gasteiger partial charge in [0.15, 0.2) is 0 Å². The molecule has 3 unspecified atom stereocenters. The van der Waals surface area contributed by atoms with Crippen LogP contribution < -0.4 is 5.73 Å². The molecule has 2 aliphatic rings. The molecule has 1 saturated heterocycles. The Labute approximate surface area is 115 Å². The predicted molar refractivity (Wildman–Crippen MR) is 72.7 cm³/mol. The molecule has 110 valence electrons. The van der Waals surface area contributed by atoms with E-state index in [4.69, 9.17) is 15.2 Å². The lowest BCUT2D eigenvalue weighted by molar-refractivity contribution is -0.147. The van der Waals surface area contributed by atoms with E-state index in [1.807, 2.05) is 0 Å². The molecule has 0 aromatic carbocycles. The van der Waals surface area contributed by atoms with Gasteiger partial charge in [-0.3, -0.25) is 9.69 Å². The average Bonchev–Trinajstić information content (AvgIpc) is 2.82. The number of rotatable bonds is 4. The molecule has 0 aromatic rings. The largest absolute Gasteiger partial charge is 0.468 e. The second-order valence-electron chi connectivity index (χ2n) is 6.00. The molecule has 5 nitrogen and oxygen atoms in total. The van der Waals surface area contributed by atoms with Crippen molar-refractivity contribution in [2.75, 3.05) is 33.9 Å². The first-order chi connectivity index (χ1) is 9.09. The lowest BCUT2D eigenvalue weighted by atomic mass is 9.95. The van der Waals surface area contributed by atoms with Crippen molar-refractivity contribution in [1.29, 1.82) is 0 Å². The quantitative estimate of drug-likeness (QED) is 0.764. The summed E-state index contributed by atoms with van der Waals surface area (Å²) >= 11 is 0. The molecule has 0 amide bonds. The molecule has 0 spiro atoms. The predicted octanol–water partition coefficient (Wildman–Crippen LogP) is 0.768. The normalized spacial score (nSPS) is 36.4. The Morgan fingerprint density at radius 2 is 2.21 bits per heavy atom. The van der Waals surface area contributed by atoms with Crippen LogP contribution in [-0.4, -0.2) is 56.4 Å². The van der Waals surface area contributed by atoms with Crippen LogP contribution in [0.15, 0.2) is 0 Å². The first kappa shape index (κ1) is 14.8. The molecule has 3 atom stereocenters. The van der Waals surface area contributed by atoms with Gasteiger partial charge in [-0.2, -0.15) is 0 Å². The molecule has 0 bridgehead atoms. The third kappa shape index (κ3) is 3.27. The SMILES string of the molecule is COCC1CCCN(C2CCC(N)(C(=O)OC)C2)C1. The summed E-state index contributed by atoms with van der Waals surface area (Å²) in [7, 11) is 3.18. The van der Waals surface area contributed by atoms with Gasteiger partial charge in [0.25, 0.3) is 0 Å². The third-order valence-electron chi connectivity index (χ3n) is 4.58. The van der Waals surface area contributed by atoms with Crippen molar-refractivity contribution in [3.63, 3.8) is 0 Å². The Morgan fingerprint density at radius 3 is 2.89 bits per heavy atom. The van der Waals surface area contributed by atoms with Crippen molar-refractivity contribution in [3.05, 3.63) is 0 Å². The summed E-state index contributed by atoms with van der Waals surface area (Å²) in [4.78, 5) is 14.2. The van der Waals surface area contributed by atoms with Crippen LogP contribution in [0.2, 0.25) is 0 Å². The van der Waals surface area contributed by atoms with Crippen molar-refractivity contribution >= 4 is 5.97 Å². The van der Waals surface area contributed by atoms with E-state index in [1.54, 1.807) is 7.11 Å². The highest BCUT2D eigenvalue weighted by Gasteiger charge is 2.45. The van der Waals surface area contributed by atoms with Crippen LogP contribution in [-0.2, 0) is 14.3 Å². The van der Waals surface area contributed by atoms with E-state index in [0.717, 1.165) is 39.0 Å². The molecular formula is C14H26N2O3. The van der Waals surface area contributed by atoms with Gasteiger partial charge in [-0.25, -0.2) is 0 Å².